The van der Waals surface area contributed by atoms with E-state index in [1.54, 1.807) is 11.3 Å². The van der Waals surface area contributed by atoms with Crippen molar-refractivity contribution in [2.75, 3.05) is 18.9 Å². The molecule has 0 aliphatic rings. The summed E-state index contributed by atoms with van der Waals surface area (Å²) < 4.78 is 0. The maximum atomic E-state index is 12.2. The summed E-state index contributed by atoms with van der Waals surface area (Å²) >= 11 is 1.72. The number of likely N-dealkylation sites (N-methyl/N-ethyl adjacent to an activating group) is 1. The third-order valence-electron chi connectivity index (χ3n) is 3.68. The number of nitrogens with one attached hydrogen (secondary N) is 1. The Morgan fingerprint density at radius 2 is 2.10 bits per heavy atom. The molecule has 1 unspecified atom stereocenters. The Kier molecular flexibility index (Phi) is 5.15. The number of thiophene rings is 1. The first-order chi connectivity index (χ1) is 9.97. The second kappa shape index (κ2) is 6.87. The quantitative estimate of drug-likeness (QED) is 0.905. The normalized spacial score (nSPS) is 12.4. The van der Waals surface area contributed by atoms with Crippen LogP contribution in [0.1, 0.15) is 29.0 Å². The molecule has 3 nitrogen and oxygen atoms in total. The number of hydrogen-bond donors (Lipinski definition) is 1. The van der Waals surface area contributed by atoms with E-state index in [9.17, 15) is 4.79 Å². The Morgan fingerprint density at radius 3 is 2.76 bits per heavy atom. The molecule has 1 N–H and O–H groups in total. The zero-order valence-corrected chi connectivity index (χ0v) is 13.8. The van der Waals surface area contributed by atoms with Gasteiger partial charge in [0.25, 0.3) is 0 Å². The maximum absolute atomic E-state index is 12.2. The van der Waals surface area contributed by atoms with Gasteiger partial charge in [0, 0.05) is 16.6 Å². The van der Waals surface area contributed by atoms with E-state index in [1.807, 2.05) is 39.1 Å². The molecular formula is C17H22N2OS. The minimum Gasteiger partial charge on any atom is -0.325 e. The second-order valence-electron chi connectivity index (χ2n) is 5.47. The van der Waals surface area contributed by atoms with E-state index >= 15 is 0 Å². The van der Waals surface area contributed by atoms with Gasteiger partial charge in [-0.05, 0) is 56.5 Å². The van der Waals surface area contributed by atoms with Crippen LogP contribution in [0.25, 0.3) is 0 Å². The molecule has 0 spiro atoms. The Labute approximate surface area is 130 Å². The molecule has 0 saturated heterocycles. The lowest BCUT2D eigenvalue weighted by molar-refractivity contribution is -0.117. The van der Waals surface area contributed by atoms with E-state index < -0.39 is 0 Å². The van der Waals surface area contributed by atoms with Crippen LogP contribution in [0.4, 0.5) is 5.69 Å². The van der Waals surface area contributed by atoms with Gasteiger partial charge in [-0.25, -0.2) is 0 Å². The molecule has 0 aliphatic heterocycles. The van der Waals surface area contributed by atoms with Crippen molar-refractivity contribution in [2.24, 2.45) is 0 Å². The van der Waals surface area contributed by atoms with Crippen molar-refractivity contribution in [1.29, 1.82) is 0 Å². The molecule has 0 fully saturated rings. The Morgan fingerprint density at radius 1 is 1.33 bits per heavy atom. The largest absolute Gasteiger partial charge is 0.325 e. The minimum absolute atomic E-state index is 0.0228. The maximum Gasteiger partial charge on any atom is 0.238 e. The number of nitrogens with zero attached hydrogens (tertiary/aromatic N) is 1. The predicted molar refractivity (Wildman–Crippen MR) is 89.9 cm³/mol. The van der Waals surface area contributed by atoms with Gasteiger partial charge in [-0.3, -0.25) is 9.69 Å². The Hall–Kier alpha value is -1.65. The van der Waals surface area contributed by atoms with Crippen molar-refractivity contribution in [2.45, 2.75) is 26.8 Å². The van der Waals surface area contributed by atoms with Crippen molar-refractivity contribution in [1.82, 2.24) is 4.90 Å². The summed E-state index contributed by atoms with van der Waals surface area (Å²) in [6.07, 6.45) is 0. The van der Waals surface area contributed by atoms with Crippen LogP contribution >= 0.6 is 11.3 Å². The van der Waals surface area contributed by atoms with Gasteiger partial charge in [-0.2, -0.15) is 0 Å². The topological polar surface area (TPSA) is 32.3 Å². The summed E-state index contributed by atoms with van der Waals surface area (Å²) in [5, 5.41) is 5.07. The fourth-order valence-corrected chi connectivity index (χ4v) is 3.02. The van der Waals surface area contributed by atoms with Gasteiger partial charge in [0.15, 0.2) is 0 Å². The van der Waals surface area contributed by atoms with Crippen LogP contribution < -0.4 is 5.32 Å². The first-order valence-corrected chi connectivity index (χ1v) is 7.96. The van der Waals surface area contributed by atoms with Crippen molar-refractivity contribution < 1.29 is 4.79 Å². The van der Waals surface area contributed by atoms with Crippen LogP contribution in [-0.4, -0.2) is 24.4 Å². The standard InChI is InChI=1S/C17H22N2OS/c1-12-7-8-13(2)15(10-12)18-17(20)11-19(4)14(3)16-6-5-9-21-16/h5-10,14H,11H2,1-4H3,(H,18,20). The molecule has 0 radical (unpaired) electrons. The smallest absolute Gasteiger partial charge is 0.238 e. The molecule has 1 aromatic heterocycles. The molecule has 2 rings (SSSR count). The molecule has 1 amide bonds. The summed E-state index contributed by atoms with van der Waals surface area (Å²) in [7, 11) is 1.98. The summed E-state index contributed by atoms with van der Waals surface area (Å²) in [4.78, 5) is 15.5. The zero-order valence-electron chi connectivity index (χ0n) is 13.0. The van der Waals surface area contributed by atoms with Crippen molar-refractivity contribution in [3.8, 4) is 0 Å². The number of carbonyl (C=O) groups excluding carboxylic acids is 1. The minimum atomic E-state index is 0.0228. The van der Waals surface area contributed by atoms with Crippen LogP contribution in [0.3, 0.4) is 0 Å². The molecular weight excluding hydrogens is 280 g/mol. The highest BCUT2D eigenvalue weighted by atomic mass is 32.1. The zero-order chi connectivity index (χ0) is 15.4. The number of rotatable bonds is 5. The van der Waals surface area contributed by atoms with Gasteiger partial charge in [-0.15, -0.1) is 11.3 Å². The average Bonchev–Trinajstić information content (AvgIpc) is 2.96. The number of amides is 1. The van der Waals surface area contributed by atoms with E-state index in [1.165, 1.54) is 4.88 Å². The Balaban J connectivity index is 1.96. The first kappa shape index (κ1) is 15.7. The van der Waals surface area contributed by atoms with Gasteiger partial charge in [0.05, 0.1) is 6.54 Å². The average molecular weight is 302 g/mol. The van der Waals surface area contributed by atoms with Crippen molar-refractivity contribution in [3.05, 3.63) is 51.7 Å². The monoisotopic (exact) mass is 302 g/mol. The molecule has 0 aliphatic carbocycles. The van der Waals surface area contributed by atoms with Crippen LogP contribution in [0.2, 0.25) is 0 Å². The molecule has 1 heterocycles. The number of carbonyl (C=O) groups is 1. The lowest BCUT2D eigenvalue weighted by Gasteiger charge is -2.23. The molecule has 2 aromatic rings. The Bertz CT molecular complexity index is 607. The molecule has 4 heteroatoms. The molecule has 1 atom stereocenters. The molecule has 1 aromatic carbocycles. The highest BCUT2D eigenvalue weighted by Gasteiger charge is 2.16. The highest BCUT2D eigenvalue weighted by molar-refractivity contribution is 7.10. The molecule has 0 bridgehead atoms. The van der Waals surface area contributed by atoms with Gasteiger partial charge in [-0.1, -0.05) is 18.2 Å². The number of hydrogen-bond acceptors (Lipinski definition) is 3. The van der Waals surface area contributed by atoms with E-state index in [-0.39, 0.29) is 11.9 Å². The van der Waals surface area contributed by atoms with E-state index in [0.29, 0.717) is 6.54 Å². The second-order valence-corrected chi connectivity index (χ2v) is 6.45. The van der Waals surface area contributed by atoms with Crippen molar-refractivity contribution in [3.63, 3.8) is 0 Å². The van der Waals surface area contributed by atoms with Crippen LogP contribution in [-0.2, 0) is 4.79 Å². The fourth-order valence-electron chi connectivity index (χ4n) is 2.17. The first-order valence-electron chi connectivity index (χ1n) is 7.08. The van der Waals surface area contributed by atoms with Gasteiger partial charge >= 0.3 is 0 Å². The van der Waals surface area contributed by atoms with Gasteiger partial charge in [0.2, 0.25) is 5.91 Å². The fraction of sp³-hybridized carbons (Fsp3) is 0.353. The molecule has 0 saturated carbocycles. The molecule has 21 heavy (non-hydrogen) atoms. The summed E-state index contributed by atoms with van der Waals surface area (Å²) in [5.41, 5.74) is 3.14. The summed E-state index contributed by atoms with van der Waals surface area (Å²) in [6, 6.07) is 10.5. The third-order valence-corrected chi connectivity index (χ3v) is 4.72. The number of aryl methyl sites for hydroxylation is 2. The number of anilines is 1. The van der Waals surface area contributed by atoms with Crippen LogP contribution in [0, 0.1) is 13.8 Å². The van der Waals surface area contributed by atoms with Crippen molar-refractivity contribution >= 4 is 22.9 Å². The predicted octanol–water partition coefficient (Wildman–Crippen LogP) is 4.00. The van der Waals surface area contributed by atoms with E-state index in [0.717, 1.165) is 16.8 Å². The lowest BCUT2D eigenvalue weighted by Crippen LogP contribution is -2.32. The molecule has 112 valence electrons. The van der Waals surface area contributed by atoms with Gasteiger partial charge < -0.3 is 5.32 Å². The SMILES string of the molecule is Cc1ccc(C)c(NC(=O)CN(C)C(C)c2cccs2)c1. The number of benzene rings is 1. The van der Waals surface area contributed by atoms with E-state index in [4.69, 9.17) is 0 Å². The van der Waals surface area contributed by atoms with E-state index in [2.05, 4.69) is 34.7 Å². The highest BCUT2D eigenvalue weighted by Crippen LogP contribution is 2.23. The van der Waals surface area contributed by atoms with Gasteiger partial charge in [0.1, 0.15) is 0 Å². The third kappa shape index (κ3) is 4.16. The van der Waals surface area contributed by atoms with Crippen LogP contribution in [0.15, 0.2) is 35.7 Å². The summed E-state index contributed by atoms with van der Waals surface area (Å²) in [5.74, 6) is 0.0228. The lowest BCUT2D eigenvalue weighted by atomic mass is 10.1. The van der Waals surface area contributed by atoms with Crippen LogP contribution in [0.5, 0.6) is 0 Å². The summed E-state index contributed by atoms with van der Waals surface area (Å²) in [6.45, 7) is 6.54.